The van der Waals surface area contributed by atoms with E-state index in [9.17, 15) is 9.18 Å². The normalized spacial score (nSPS) is 11.4. The number of aryl methyl sites for hydroxylation is 1. The second-order valence-corrected chi connectivity index (χ2v) is 7.36. The fraction of sp³-hybridized carbons (Fsp3) is 0.368. The van der Waals surface area contributed by atoms with Crippen LogP contribution in [0.4, 0.5) is 4.39 Å². The molecule has 4 nitrogen and oxygen atoms in total. The summed E-state index contributed by atoms with van der Waals surface area (Å²) in [6, 6.07) is 8.46. The van der Waals surface area contributed by atoms with Gasteiger partial charge in [-0.2, -0.15) is 5.10 Å². The summed E-state index contributed by atoms with van der Waals surface area (Å²) in [7, 11) is 0. The molecule has 134 valence electrons. The lowest BCUT2D eigenvalue weighted by atomic mass is 10.2. The Bertz CT molecular complexity index is 768. The number of nitrogens with one attached hydrogen (secondary N) is 1. The van der Waals surface area contributed by atoms with Crippen molar-refractivity contribution in [2.75, 3.05) is 5.75 Å². The Hall–Kier alpha value is -2.08. The predicted molar refractivity (Wildman–Crippen MR) is 102 cm³/mol. The summed E-state index contributed by atoms with van der Waals surface area (Å²) < 4.78 is 15.8. The summed E-state index contributed by atoms with van der Waals surface area (Å²) in [6.45, 7) is 9.43. The molecule has 2 rings (SSSR count). The number of amides is 1. The van der Waals surface area contributed by atoms with Crippen molar-refractivity contribution >= 4 is 23.9 Å². The van der Waals surface area contributed by atoms with E-state index in [-0.39, 0.29) is 17.5 Å². The highest BCUT2D eigenvalue weighted by Crippen LogP contribution is 2.20. The molecule has 0 aliphatic rings. The van der Waals surface area contributed by atoms with Gasteiger partial charge in [-0.1, -0.05) is 26.0 Å². The first kappa shape index (κ1) is 19.2. The lowest BCUT2D eigenvalue weighted by Gasteiger charge is -2.11. The monoisotopic (exact) mass is 361 g/mol. The standard InChI is InChI=1S/C19H24FN3OS/c1-13(2)11-23-14(3)9-16(15(23)4)10-21-22-19(24)12-25-18-8-6-5-7-17(18)20/h5-10,13H,11-12H2,1-4H3,(H,22,24)/b21-10-. The first-order valence-electron chi connectivity index (χ1n) is 8.24. The van der Waals surface area contributed by atoms with Gasteiger partial charge >= 0.3 is 0 Å². The molecule has 1 heterocycles. The molecule has 1 N–H and O–H groups in total. The van der Waals surface area contributed by atoms with Gasteiger partial charge < -0.3 is 4.57 Å². The number of rotatable bonds is 7. The number of hydrazone groups is 1. The molecule has 0 unspecified atom stereocenters. The van der Waals surface area contributed by atoms with Gasteiger partial charge in [0.15, 0.2) is 0 Å². The highest BCUT2D eigenvalue weighted by Gasteiger charge is 2.09. The molecular formula is C19H24FN3OS. The molecular weight excluding hydrogens is 337 g/mol. The van der Waals surface area contributed by atoms with Crippen molar-refractivity contribution < 1.29 is 9.18 Å². The van der Waals surface area contributed by atoms with Crippen LogP contribution < -0.4 is 5.43 Å². The Balaban J connectivity index is 1.90. The molecule has 0 aliphatic heterocycles. The van der Waals surface area contributed by atoms with Crippen molar-refractivity contribution in [3.05, 3.63) is 53.1 Å². The maximum Gasteiger partial charge on any atom is 0.250 e. The summed E-state index contributed by atoms with van der Waals surface area (Å²) in [4.78, 5) is 12.3. The van der Waals surface area contributed by atoms with Gasteiger partial charge in [0.2, 0.25) is 5.91 Å². The fourth-order valence-corrected chi connectivity index (χ4v) is 3.25. The quantitative estimate of drug-likeness (QED) is 0.458. The van der Waals surface area contributed by atoms with E-state index in [1.165, 1.54) is 11.8 Å². The van der Waals surface area contributed by atoms with E-state index < -0.39 is 0 Å². The Morgan fingerprint density at radius 3 is 2.76 bits per heavy atom. The number of thioether (sulfide) groups is 1. The van der Waals surface area contributed by atoms with E-state index in [1.807, 2.05) is 6.92 Å². The third kappa shape index (κ3) is 5.46. The summed E-state index contributed by atoms with van der Waals surface area (Å²) in [5, 5.41) is 4.03. The minimum Gasteiger partial charge on any atom is -0.348 e. The SMILES string of the molecule is Cc1cc(/C=N\NC(=O)CSc2ccccc2F)c(C)n1CC(C)C. The van der Waals surface area contributed by atoms with Crippen molar-refractivity contribution in [1.29, 1.82) is 0 Å². The van der Waals surface area contributed by atoms with E-state index in [2.05, 4.69) is 41.9 Å². The van der Waals surface area contributed by atoms with Gasteiger partial charge in [-0.15, -0.1) is 11.8 Å². The van der Waals surface area contributed by atoms with Crippen LogP contribution in [0.1, 0.15) is 30.8 Å². The molecule has 25 heavy (non-hydrogen) atoms. The maximum atomic E-state index is 13.5. The van der Waals surface area contributed by atoms with Crippen molar-refractivity contribution in [2.45, 2.75) is 39.1 Å². The van der Waals surface area contributed by atoms with E-state index in [0.29, 0.717) is 10.8 Å². The van der Waals surface area contributed by atoms with Crippen molar-refractivity contribution in [1.82, 2.24) is 9.99 Å². The third-order valence-electron chi connectivity index (χ3n) is 3.75. The predicted octanol–water partition coefficient (Wildman–Crippen LogP) is 4.14. The van der Waals surface area contributed by atoms with Crippen LogP contribution in [-0.4, -0.2) is 22.4 Å². The van der Waals surface area contributed by atoms with Gasteiger partial charge in [-0.3, -0.25) is 4.79 Å². The highest BCUT2D eigenvalue weighted by molar-refractivity contribution is 8.00. The number of nitrogens with zero attached hydrogens (tertiary/aromatic N) is 2. The molecule has 6 heteroatoms. The smallest absolute Gasteiger partial charge is 0.250 e. The molecule has 0 spiro atoms. The minimum absolute atomic E-state index is 0.116. The molecule has 1 amide bonds. The van der Waals surface area contributed by atoms with Crippen LogP contribution in [0.15, 0.2) is 40.3 Å². The van der Waals surface area contributed by atoms with Crippen LogP contribution in [0, 0.1) is 25.6 Å². The largest absolute Gasteiger partial charge is 0.348 e. The number of carbonyl (C=O) groups is 1. The average molecular weight is 361 g/mol. The molecule has 0 saturated carbocycles. The molecule has 0 bridgehead atoms. The topological polar surface area (TPSA) is 46.4 Å². The zero-order valence-corrected chi connectivity index (χ0v) is 15.9. The van der Waals surface area contributed by atoms with Crippen LogP contribution in [0.3, 0.4) is 0 Å². The molecule has 1 aromatic carbocycles. The van der Waals surface area contributed by atoms with Crippen LogP contribution in [-0.2, 0) is 11.3 Å². The van der Waals surface area contributed by atoms with Crippen LogP contribution >= 0.6 is 11.8 Å². The number of halogens is 1. The number of carbonyl (C=O) groups excluding carboxylic acids is 1. The van der Waals surface area contributed by atoms with Gasteiger partial charge in [-0.25, -0.2) is 9.82 Å². The molecule has 2 aromatic rings. The Morgan fingerprint density at radius 1 is 1.36 bits per heavy atom. The zero-order valence-electron chi connectivity index (χ0n) is 15.0. The van der Waals surface area contributed by atoms with Crippen LogP contribution in [0.5, 0.6) is 0 Å². The van der Waals surface area contributed by atoms with Crippen molar-refractivity contribution in [2.24, 2.45) is 11.0 Å². The van der Waals surface area contributed by atoms with Gasteiger partial charge in [0.05, 0.1) is 12.0 Å². The average Bonchev–Trinajstić information content (AvgIpc) is 2.81. The summed E-state index contributed by atoms with van der Waals surface area (Å²) in [5.41, 5.74) is 5.79. The fourth-order valence-electron chi connectivity index (χ4n) is 2.52. The van der Waals surface area contributed by atoms with Gasteiger partial charge in [0.25, 0.3) is 0 Å². The summed E-state index contributed by atoms with van der Waals surface area (Å²) in [6.07, 6.45) is 1.66. The Labute approximate surface area is 152 Å². The van der Waals surface area contributed by atoms with Gasteiger partial charge in [-0.05, 0) is 38.0 Å². The molecule has 1 aromatic heterocycles. The molecule has 0 aliphatic carbocycles. The van der Waals surface area contributed by atoms with E-state index in [1.54, 1.807) is 24.4 Å². The Morgan fingerprint density at radius 2 is 2.08 bits per heavy atom. The van der Waals surface area contributed by atoms with E-state index in [4.69, 9.17) is 0 Å². The van der Waals surface area contributed by atoms with Crippen LogP contribution in [0.2, 0.25) is 0 Å². The zero-order chi connectivity index (χ0) is 18.4. The highest BCUT2D eigenvalue weighted by atomic mass is 32.2. The molecule has 0 atom stereocenters. The van der Waals surface area contributed by atoms with Crippen molar-refractivity contribution in [3.63, 3.8) is 0 Å². The second-order valence-electron chi connectivity index (χ2n) is 6.34. The Kier molecular flexibility index (Phi) is 6.82. The van der Waals surface area contributed by atoms with Crippen molar-refractivity contribution in [3.8, 4) is 0 Å². The lowest BCUT2D eigenvalue weighted by molar-refractivity contribution is -0.118. The number of hydrogen-bond acceptors (Lipinski definition) is 3. The molecule has 0 radical (unpaired) electrons. The number of aromatic nitrogens is 1. The lowest BCUT2D eigenvalue weighted by Crippen LogP contribution is -2.19. The number of hydrogen-bond donors (Lipinski definition) is 1. The van der Waals surface area contributed by atoms with Gasteiger partial charge in [0.1, 0.15) is 5.82 Å². The van der Waals surface area contributed by atoms with Crippen LogP contribution in [0.25, 0.3) is 0 Å². The number of benzene rings is 1. The first-order chi connectivity index (χ1) is 11.9. The summed E-state index contributed by atoms with van der Waals surface area (Å²) >= 11 is 1.15. The molecule has 0 fully saturated rings. The van der Waals surface area contributed by atoms with Gasteiger partial charge in [0, 0.05) is 28.4 Å². The first-order valence-corrected chi connectivity index (χ1v) is 9.23. The minimum atomic E-state index is -0.318. The maximum absolute atomic E-state index is 13.5. The molecule has 0 saturated heterocycles. The summed E-state index contributed by atoms with van der Waals surface area (Å²) in [5.74, 6) is 0.0940. The van der Waals surface area contributed by atoms with E-state index >= 15 is 0 Å². The third-order valence-corrected chi connectivity index (χ3v) is 4.80. The second kappa shape index (κ2) is 8.85. The van der Waals surface area contributed by atoms with E-state index in [0.717, 1.165) is 29.6 Å².